The Labute approximate surface area is 126 Å². The van der Waals surface area contributed by atoms with Crippen LogP contribution in [0.1, 0.15) is 19.3 Å². The van der Waals surface area contributed by atoms with E-state index in [9.17, 15) is 9.59 Å². The Bertz CT molecular complexity index is 443. The molecule has 1 aromatic rings. The van der Waals surface area contributed by atoms with Crippen molar-refractivity contribution in [2.75, 3.05) is 11.9 Å². The number of anilines is 1. The molecule has 0 atom stereocenters. The molecule has 4 nitrogen and oxygen atoms in total. The van der Waals surface area contributed by atoms with E-state index in [0.29, 0.717) is 12.8 Å². The Morgan fingerprint density at radius 2 is 1.95 bits per heavy atom. The lowest BCUT2D eigenvalue weighted by atomic mass is 10.2. The van der Waals surface area contributed by atoms with Gasteiger partial charge in [-0.25, -0.2) is 0 Å². The molecule has 5 heteroatoms. The fourth-order valence-corrected chi connectivity index (χ4v) is 1.73. The number of hydrogen-bond donors (Lipinski definition) is 1. The maximum atomic E-state index is 11.6. The summed E-state index contributed by atoms with van der Waals surface area (Å²) in [4.78, 5) is 22.8. The first-order valence-corrected chi connectivity index (χ1v) is 7.01. The van der Waals surface area contributed by atoms with E-state index in [0.717, 1.165) is 9.26 Å². The molecular formula is C14H16INO3. The second-order valence-corrected chi connectivity index (χ2v) is 5.13. The van der Waals surface area contributed by atoms with E-state index in [2.05, 4.69) is 34.5 Å². The number of hydrogen-bond acceptors (Lipinski definition) is 3. The molecule has 0 fully saturated rings. The zero-order valence-corrected chi connectivity index (χ0v) is 12.7. The van der Waals surface area contributed by atoms with Gasteiger partial charge in [0.25, 0.3) is 0 Å². The van der Waals surface area contributed by atoms with Crippen molar-refractivity contribution in [2.24, 2.45) is 0 Å². The number of carbonyl (C=O) groups excluding carboxylic acids is 2. The Hall–Kier alpha value is -1.37. The fraction of sp³-hybridized carbons (Fsp3) is 0.286. The Morgan fingerprint density at radius 3 is 2.58 bits per heavy atom. The van der Waals surface area contributed by atoms with Gasteiger partial charge in [0, 0.05) is 22.1 Å². The highest BCUT2D eigenvalue weighted by atomic mass is 127. The third kappa shape index (κ3) is 6.95. The first-order valence-electron chi connectivity index (χ1n) is 5.94. The molecule has 0 aliphatic heterocycles. The molecule has 0 heterocycles. The van der Waals surface area contributed by atoms with Gasteiger partial charge in [-0.05, 0) is 53.3 Å². The van der Waals surface area contributed by atoms with Crippen LogP contribution < -0.4 is 5.32 Å². The van der Waals surface area contributed by atoms with Gasteiger partial charge in [-0.3, -0.25) is 9.59 Å². The highest BCUT2D eigenvalue weighted by Gasteiger charge is 2.06. The SMILES string of the molecule is C=CCOC(=O)CCCC(=O)Nc1ccc(I)cc1. The van der Waals surface area contributed by atoms with Crippen LogP contribution in [-0.2, 0) is 14.3 Å². The molecule has 1 amide bonds. The molecule has 0 saturated carbocycles. The number of carbonyl (C=O) groups is 2. The zero-order valence-electron chi connectivity index (χ0n) is 10.5. The van der Waals surface area contributed by atoms with E-state index < -0.39 is 0 Å². The summed E-state index contributed by atoms with van der Waals surface area (Å²) in [7, 11) is 0. The molecule has 0 bridgehead atoms. The third-order valence-electron chi connectivity index (χ3n) is 2.27. The minimum Gasteiger partial charge on any atom is -0.461 e. The summed E-state index contributed by atoms with van der Waals surface area (Å²) in [6.45, 7) is 3.67. The van der Waals surface area contributed by atoms with Crippen LogP contribution in [-0.4, -0.2) is 18.5 Å². The van der Waals surface area contributed by atoms with Crippen molar-refractivity contribution in [3.05, 3.63) is 40.5 Å². The molecule has 1 N–H and O–H groups in total. The van der Waals surface area contributed by atoms with Gasteiger partial charge in [0.1, 0.15) is 6.61 Å². The van der Waals surface area contributed by atoms with Crippen molar-refractivity contribution in [1.29, 1.82) is 0 Å². The van der Waals surface area contributed by atoms with Gasteiger partial charge in [-0.1, -0.05) is 12.7 Å². The van der Waals surface area contributed by atoms with Gasteiger partial charge in [0.15, 0.2) is 0 Å². The molecule has 1 aromatic carbocycles. The quantitative estimate of drug-likeness (QED) is 0.454. The average molecular weight is 373 g/mol. The third-order valence-corrected chi connectivity index (χ3v) is 2.99. The largest absolute Gasteiger partial charge is 0.461 e. The lowest BCUT2D eigenvalue weighted by Gasteiger charge is -2.05. The number of ether oxygens (including phenoxy) is 1. The molecule has 0 radical (unpaired) electrons. The first kappa shape index (κ1) is 15.7. The van der Waals surface area contributed by atoms with Crippen molar-refractivity contribution in [2.45, 2.75) is 19.3 Å². The number of nitrogens with one attached hydrogen (secondary N) is 1. The highest BCUT2D eigenvalue weighted by molar-refractivity contribution is 14.1. The summed E-state index contributed by atoms with van der Waals surface area (Å²) in [5.74, 6) is -0.403. The second-order valence-electron chi connectivity index (χ2n) is 3.88. The van der Waals surface area contributed by atoms with E-state index in [1.165, 1.54) is 6.08 Å². The number of esters is 1. The van der Waals surface area contributed by atoms with Gasteiger partial charge in [-0.15, -0.1) is 0 Å². The summed E-state index contributed by atoms with van der Waals surface area (Å²) in [6.07, 6.45) is 2.54. The van der Waals surface area contributed by atoms with Gasteiger partial charge in [0.2, 0.25) is 5.91 Å². The predicted molar refractivity (Wildman–Crippen MR) is 82.8 cm³/mol. The van der Waals surface area contributed by atoms with Crippen LogP contribution in [0.4, 0.5) is 5.69 Å². The summed E-state index contributed by atoms with van der Waals surface area (Å²) in [5.41, 5.74) is 0.764. The van der Waals surface area contributed by atoms with Crippen LogP contribution in [0.5, 0.6) is 0 Å². The molecule has 19 heavy (non-hydrogen) atoms. The van der Waals surface area contributed by atoms with Crippen LogP contribution in [0.25, 0.3) is 0 Å². The molecule has 102 valence electrons. The van der Waals surface area contributed by atoms with Gasteiger partial charge < -0.3 is 10.1 Å². The minimum absolute atomic E-state index is 0.0993. The number of rotatable bonds is 7. The van der Waals surface area contributed by atoms with E-state index in [1.807, 2.05) is 24.3 Å². The van der Waals surface area contributed by atoms with Gasteiger partial charge in [0.05, 0.1) is 0 Å². The summed E-state index contributed by atoms with van der Waals surface area (Å²) in [5, 5.41) is 2.78. The van der Waals surface area contributed by atoms with Crippen molar-refractivity contribution in [3.63, 3.8) is 0 Å². The molecule has 0 saturated heterocycles. The smallest absolute Gasteiger partial charge is 0.306 e. The minimum atomic E-state index is -0.304. The van der Waals surface area contributed by atoms with Crippen molar-refractivity contribution in [1.82, 2.24) is 0 Å². The first-order chi connectivity index (χ1) is 9.11. The summed E-state index contributed by atoms with van der Waals surface area (Å²) < 4.78 is 5.93. The van der Waals surface area contributed by atoms with E-state index in [4.69, 9.17) is 4.74 Å². The van der Waals surface area contributed by atoms with E-state index in [1.54, 1.807) is 0 Å². The monoisotopic (exact) mass is 373 g/mol. The van der Waals surface area contributed by atoms with E-state index >= 15 is 0 Å². The fourth-order valence-electron chi connectivity index (χ4n) is 1.37. The van der Waals surface area contributed by atoms with Crippen molar-refractivity contribution in [3.8, 4) is 0 Å². The van der Waals surface area contributed by atoms with E-state index in [-0.39, 0.29) is 24.9 Å². The van der Waals surface area contributed by atoms with Gasteiger partial charge >= 0.3 is 5.97 Å². The van der Waals surface area contributed by atoms with Crippen LogP contribution in [0.2, 0.25) is 0 Å². The van der Waals surface area contributed by atoms with Crippen LogP contribution >= 0.6 is 22.6 Å². The zero-order chi connectivity index (χ0) is 14.1. The Balaban J connectivity index is 2.22. The second kappa shape index (κ2) is 8.68. The molecular weight excluding hydrogens is 357 g/mol. The number of halogens is 1. The molecule has 0 aliphatic carbocycles. The summed E-state index contributed by atoms with van der Waals surface area (Å²) in [6, 6.07) is 7.53. The molecule has 0 unspecified atom stereocenters. The molecule has 1 rings (SSSR count). The predicted octanol–water partition coefficient (Wildman–Crippen LogP) is 3.13. The lowest BCUT2D eigenvalue weighted by molar-refractivity contribution is -0.142. The van der Waals surface area contributed by atoms with Crippen LogP contribution in [0.15, 0.2) is 36.9 Å². The standard InChI is InChI=1S/C14H16INO3/c1-2-10-19-14(18)5-3-4-13(17)16-12-8-6-11(15)7-9-12/h2,6-9H,1,3-5,10H2,(H,16,17). The van der Waals surface area contributed by atoms with Crippen LogP contribution in [0.3, 0.4) is 0 Å². The number of amides is 1. The molecule has 0 aromatic heterocycles. The number of benzene rings is 1. The average Bonchev–Trinajstić information content (AvgIpc) is 2.39. The van der Waals surface area contributed by atoms with Crippen LogP contribution in [0, 0.1) is 3.57 Å². The van der Waals surface area contributed by atoms with Gasteiger partial charge in [-0.2, -0.15) is 0 Å². The van der Waals surface area contributed by atoms with Crippen molar-refractivity contribution < 1.29 is 14.3 Å². The Morgan fingerprint density at radius 1 is 1.26 bits per heavy atom. The highest BCUT2D eigenvalue weighted by Crippen LogP contribution is 2.11. The van der Waals surface area contributed by atoms with Crippen molar-refractivity contribution >= 4 is 40.2 Å². The topological polar surface area (TPSA) is 55.4 Å². The molecule has 0 aliphatic rings. The molecule has 0 spiro atoms. The lowest BCUT2D eigenvalue weighted by Crippen LogP contribution is -2.12. The maximum Gasteiger partial charge on any atom is 0.306 e. The maximum absolute atomic E-state index is 11.6. The normalized spacial score (nSPS) is 9.74. The Kier molecular flexibility index (Phi) is 7.17. The summed E-state index contributed by atoms with van der Waals surface area (Å²) >= 11 is 2.20.